The second-order valence-corrected chi connectivity index (χ2v) is 4.12. The molecule has 0 fully saturated rings. The first-order valence-electron chi connectivity index (χ1n) is 5.41. The van der Waals surface area contributed by atoms with Gasteiger partial charge in [-0.15, -0.1) is 0 Å². The van der Waals surface area contributed by atoms with Crippen molar-refractivity contribution in [3.8, 4) is 0 Å². The molecule has 0 aromatic carbocycles. The Balaban J connectivity index is 3.91. The molecule has 0 bridgehead atoms. The summed E-state index contributed by atoms with van der Waals surface area (Å²) in [4.78, 5) is 11.1. The molecule has 0 aliphatic carbocycles. The fourth-order valence-electron chi connectivity index (χ4n) is 1.52. The van der Waals surface area contributed by atoms with Gasteiger partial charge in [-0.1, -0.05) is 46.1 Å². The zero-order chi connectivity index (χ0) is 11.0. The quantitative estimate of drug-likeness (QED) is 0.478. The molecule has 0 aliphatic rings. The molecule has 0 heterocycles. The molecule has 82 valence electrons. The van der Waals surface area contributed by atoms with Crippen LogP contribution in [0, 0.1) is 5.92 Å². The van der Waals surface area contributed by atoms with E-state index in [4.69, 9.17) is 4.43 Å². The van der Waals surface area contributed by atoms with E-state index in [1.54, 1.807) is 0 Å². The van der Waals surface area contributed by atoms with E-state index in [0.29, 0.717) is 22.0 Å². The van der Waals surface area contributed by atoms with E-state index in [2.05, 4.69) is 20.4 Å². The van der Waals surface area contributed by atoms with Gasteiger partial charge in [0.05, 0.1) is 0 Å². The Kier molecular flexibility index (Phi) is 7.48. The molecule has 0 saturated heterocycles. The minimum Gasteiger partial charge on any atom is -0.526 e. The van der Waals surface area contributed by atoms with E-state index < -0.39 is 0 Å². The summed E-state index contributed by atoms with van der Waals surface area (Å²) in [7, 11) is 0.465. The van der Waals surface area contributed by atoms with Gasteiger partial charge in [0.1, 0.15) is 0 Å². The molecule has 0 aliphatic heterocycles. The zero-order valence-electron chi connectivity index (χ0n) is 9.64. The van der Waals surface area contributed by atoms with Crippen LogP contribution in [-0.4, -0.2) is 16.5 Å². The van der Waals surface area contributed by atoms with Crippen LogP contribution in [0.5, 0.6) is 0 Å². The molecule has 0 spiro atoms. The lowest BCUT2D eigenvalue weighted by Gasteiger charge is -2.14. The fourth-order valence-corrected chi connectivity index (χ4v) is 1.81. The molecule has 0 radical (unpaired) electrons. The van der Waals surface area contributed by atoms with Crippen molar-refractivity contribution < 1.29 is 9.22 Å². The van der Waals surface area contributed by atoms with Crippen LogP contribution in [0.1, 0.15) is 46.0 Å². The monoisotopic (exact) mass is 214 g/mol. The molecule has 1 unspecified atom stereocenters. The molecule has 14 heavy (non-hydrogen) atoms. The molecule has 0 rings (SSSR count). The molecule has 1 atom stereocenters. The molecule has 0 aromatic rings. The van der Waals surface area contributed by atoms with Crippen molar-refractivity contribution in [1.82, 2.24) is 0 Å². The number of hydrogen-bond donors (Lipinski definition) is 0. The predicted octanol–water partition coefficient (Wildman–Crippen LogP) is 1.97. The molecule has 2 nitrogen and oxygen atoms in total. The summed E-state index contributed by atoms with van der Waals surface area (Å²) in [5.41, 5.74) is 0.642. The third-order valence-corrected chi connectivity index (χ3v) is 2.92. The Bertz CT molecular complexity index is 190. The second-order valence-electron chi connectivity index (χ2n) is 3.72. The Labute approximate surface area is 90.3 Å². The average molecular weight is 214 g/mol. The Hall–Kier alpha value is -0.573. The second kappa shape index (κ2) is 7.80. The van der Waals surface area contributed by atoms with Crippen LogP contribution in [-0.2, 0) is 9.22 Å². The van der Waals surface area contributed by atoms with Gasteiger partial charge in [-0.3, -0.25) is 0 Å². The van der Waals surface area contributed by atoms with E-state index in [1.807, 2.05) is 0 Å². The Morgan fingerprint density at radius 3 is 2.57 bits per heavy atom. The van der Waals surface area contributed by atoms with Crippen LogP contribution in [0.3, 0.4) is 0 Å². The highest BCUT2D eigenvalue weighted by molar-refractivity contribution is 6.09. The number of unbranched alkanes of at least 4 members (excludes halogenated alkanes) is 1. The minimum absolute atomic E-state index is 0.202. The standard InChI is InChI=1S/C11H22O2Si/c1-4-6-7-10(5-2)8-9(3)11(12)13-14/h10H,3-8H2,1-2,14H3. The third-order valence-electron chi connectivity index (χ3n) is 2.55. The summed E-state index contributed by atoms with van der Waals surface area (Å²) in [6, 6.07) is 0. The number of carbonyl (C=O) groups is 1. The summed E-state index contributed by atoms with van der Waals surface area (Å²) < 4.78 is 4.76. The Morgan fingerprint density at radius 2 is 2.14 bits per heavy atom. The third kappa shape index (κ3) is 5.22. The van der Waals surface area contributed by atoms with Crippen molar-refractivity contribution >= 4 is 16.5 Å². The van der Waals surface area contributed by atoms with Crippen molar-refractivity contribution in [2.24, 2.45) is 5.92 Å². The molecule has 3 heteroatoms. The van der Waals surface area contributed by atoms with E-state index in [1.165, 1.54) is 19.3 Å². The first-order valence-corrected chi connectivity index (χ1v) is 6.23. The van der Waals surface area contributed by atoms with E-state index >= 15 is 0 Å². The van der Waals surface area contributed by atoms with Crippen LogP contribution >= 0.6 is 0 Å². The first kappa shape index (κ1) is 13.4. The predicted molar refractivity (Wildman–Crippen MR) is 63.1 cm³/mol. The van der Waals surface area contributed by atoms with Crippen LogP contribution in [0.25, 0.3) is 0 Å². The van der Waals surface area contributed by atoms with E-state index in [0.717, 1.165) is 12.8 Å². The van der Waals surface area contributed by atoms with Crippen molar-refractivity contribution in [2.75, 3.05) is 0 Å². The molecular weight excluding hydrogens is 192 g/mol. The lowest BCUT2D eigenvalue weighted by atomic mass is 9.92. The smallest absolute Gasteiger partial charge is 0.319 e. The van der Waals surface area contributed by atoms with Gasteiger partial charge in [-0.25, -0.2) is 4.79 Å². The summed E-state index contributed by atoms with van der Waals surface area (Å²) in [6.07, 6.45) is 5.57. The molecule has 0 aromatic heterocycles. The van der Waals surface area contributed by atoms with Gasteiger partial charge in [0.15, 0.2) is 0 Å². The van der Waals surface area contributed by atoms with Gasteiger partial charge in [0.25, 0.3) is 0 Å². The number of hydrogen-bond acceptors (Lipinski definition) is 2. The van der Waals surface area contributed by atoms with Gasteiger partial charge in [0.2, 0.25) is 10.5 Å². The maximum absolute atomic E-state index is 11.1. The molecule has 0 saturated carbocycles. The van der Waals surface area contributed by atoms with Gasteiger partial charge in [0, 0.05) is 5.57 Å². The lowest BCUT2D eigenvalue weighted by Crippen LogP contribution is -2.09. The van der Waals surface area contributed by atoms with Crippen molar-refractivity contribution in [2.45, 2.75) is 46.0 Å². The van der Waals surface area contributed by atoms with Gasteiger partial charge >= 0.3 is 5.97 Å². The van der Waals surface area contributed by atoms with Crippen molar-refractivity contribution in [3.05, 3.63) is 12.2 Å². The Morgan fingerprint density at radius 1 is 1.50 bits per heavy atom. The summed E-state index contributed by atoms with van der Waals surface area (Å²) >= 11 is 0. The van der Waals surface area contributed by atoms with Crippen LogP contribution < -0.4 is 0 Å². The van der Waals surface area contributed by atoms with Crippen molar-refractivity contribution in [1.29, 1.82) is 0 Å². The van der Waals surface area contributed by atoms with Crippen LogP contribution in [0.15, 0.2) is 12.2 Å². The number of carbonyl (C=O) groups excluding carboxylic acids is 1. The topological polar surface area (TPSA) is 26.3 Å². The summed E-state index contributed by atoms with van der Waals surface area (Å²) in [6.45, 7) is 8.12. The molecule has 0 amide bonds. The molecular formula is C11H22O2Si. The van der Waals surface area contributed by atoms with E-state index in [-0.39, 0.29) is 5.97 Å². The average Bonchev–Trinajstić information content (AvgIpc) is 2.22. The highest BCUT2D eigenvalue weighted by atomic mass is 28.2. The number of rotatable bonds is 7. The SMILES string of the molecule is C=C(CC(CC)CCCC)C(=O)O[SiH3]. The highest BCUT2D eigenvalue weighted by Gasteiger charge is 2.12. The lowest BCUT2D eigenvalue weighted by molar-refractivity contribution is -0.130. The minimum atomic E-state index is -0.202. The maximum atomic E-state index is 11.1. The highest BCUT2D eigenvalue weighted by Crippen LogP contribution is 2.20. The summed E-state index contributed by atoms with van der Waals surface area (Å²) in [5.74, 6) is 0.398. The zero-order valence-corrected chi connectivity index (χ0v) is 11.6. The van der Waals surface area contributed by atoms with E-state index in [9.17, 15) is 4.79 Å². The first-order chi connectivity index (χ1) is 6.65. The largest absolute Gasteiger partial charge is 0.526 e. The van der Waals surface area contributed by atoms with Gasteiger partial charge < -0.3 is 4.43 Å². The summed E-state index contributed by atoms with van der Waals surface area (Å²) in [5, 5.41) is 0. The normalized spacial score (nSPS) is 12.4. The maximum Gasteiger partial charge on any atom is 0.319 e. The fraction of sp³-hybridized carbons (Fsp3) is 0.727. The van der Waals surface area contributed by atoms with Crippen LogP contribution in [0.4, 0.5) is 0 Å². The molecule has 0 N–H and O–H groups in total. The van der Waals surface area contributed by atoms with Gasteiger partial charge in [-0.2, -0.15) is 0 Å². The van der Waals surface area contributed by atoms with Crippen molar-refractivity contribution in [3.63, 3.8) is 0 Å². The van der Waals surface area contributed by atoms with Gasteiger partial charge in [-0.05, 0) is 12.3 Å². The van der Waals surface area contributed by atoms with Crippen LogP contribution in [0.2, 0.25) is 0 Å².